The highest BCUT2D eigenvalue weighted by molar-refractivity contribution is 5.81. The number of anilines is 1. The Kier molecular flexibility index (Phi) is 5.12. The summed E-state index contributed by atoms with van der Waals surface area (Å²) < 4.78 is 4.84. The second-order valence-corrected chi connectivity index (χ2v) is 4.70. The number of carbonyl (C=O) groups excluding carboxylic acids is 1. The molecule has 0 saturated carbocycles. The maximum absolute atomic E-state index is 12.1. The van der Waals surface area contributed by atoms with Crippen LogP contribution in [0.2, 0.25) is 0 Å². The van der Waals surface area contributed by atoms with E-state index in [4.69, 9.17) is 10.00 Å². The van der Waals surface area contributed by atoms with Crippen molar-refractivity contribution in [1.29, 1.82) is 5.26 Å². The predicted octanol–water partition coefficient (Wildman–Crippen LogP) is 2.38. The normalized spacial score (nSPS) is 11.3. The molecule has 5 nitrogen and oxygen atoms in total. The molecule has 0 spiro atoms. The van der Waals surface area contributed by atoms with Crippen LogP contribution >= 0.6 is 0 Å². The van der Waals surface area contributed by atoms with Gasteiger partial charge in [0.25, 0.3) is 0 Å². The molecule has 2 rings (SSSR count). The van der Waals surface area contributed by atoms with Gasteiger partial charge in [-0.05, 0) is 35.4 Å². The van der Waals surface area contributed by atoms with Gasteiger partial charge in [0, 0.05) is 5.69 Å². The number of hydrogen-bond acceptors (Lipinski definition) is 5. The van der Waals surface area contributed by atoms with Gasteiger partial charge in [-0.1, -0.05) is 24.3 Å². The number of esters is 1. The van der Waals surface area contributed by atoms with Crippen molar-refractivity contribution < 1.29 is 14.6 Å². The van der Waals surface area contributed by atoms with E-state index in [0.717, 1.165) is 5.56 Å². The van der Waals surface area contributed by atoms with Gasteiger partial charge in [-0.2, -0.15) is 5.26 Å². The number of aliphatic hydroxyl groups excluding tert-OH is 1. The van der Waals surface area contributed by atoms with Crippen molar-refractivity contribution in [3.05, 3.63) is 65.2 Å². The lowest BCUT2D eigenvalue weighted by atomic mass is 10.0. The van der Waals surface area contributed by atoms with Crippen LogP contribution in [0.15, 0.2) is 48.5 Å². The number of nitrogens with one attached hydrogen (secondary N) is 1. The van der Waals surface area contributed by atoms with Crippen LogP contribution in [0.25, 0.3) is 0 Å². The van der Waals surface area contributed by atoms with Crippen LogP contribution in [0, 0.1) is 11.3 Å². The van der Waals surface area contributed by atoms with E-state index < -0.39 is 12.0 Å². The Morgan fingerprint density at radius 1 is 1.32 bits per heavy atom. The molecule has 0 fully saturated rings. The molecule has 1 atom stereocenters. The van der Waals surface area contributed by atoms with Crippen LogP contribution in [-0.2, 0) is 16.1 Å². The van der Waals surface area contributed by atoms with E-state index in [9.17, 15) is 9.90 Å². The maximum atomic E-state index is 12.1. The summed E-state index contributed by atoms with van der Waals surface area (Å²) in [5, 5.41) is 21.2. The second kappa shape index (κ2) is 7.25. The van der Waals surface area contributed by atoms with Crippen molar-refractivity contribution in [2.24, 2.45) is 0 Å². The molecule has 0 radical (unpaired) electrons. The minimum atomic E-state index is -0.729. The van der Waals surface area contributed by atoms with Crippen LogP contribution in [0.3, 0.4) is 0 Å². The van der Waals surface area contributed by atoms with Crippen molar-refractivity contribution in [2.75, 3.05) is 12.4 Å². The molecule has 2 aromatic rings. The largest absolute Gasteiger partial charge is 0.467 e. The molecule has 0 saturated heterocycles. The summed E-state index contributed by atoms with van der Waals surface area (Å²) in [5.41, 5.74) is 2.53. The third-order valence-corrected chi connectivity index (χ3v) is 3.21. The Bertz CT molecular complexity index is 707. The van der Waals surface area contributed by atoms with Gasteiger partial charge in [0.1, 0.15) is 0 Å². The fraction of sp³-hybridized carbons (Fsp3) is 0.176. The third kappa shape index (κ3) is 3.62. The topological polar surface area (TPSA) is 82.3 Å². The molecule has 5 heteroatoms. The number of methoxy groups -OCH3 is 1. The second-order valence-electron chi connectivity index (χ2n) is 4.70. The first-order chi connectivity index (χ1) is 10.7. The van der Waals surface area contributed by atoms with E-state index >= 15 is 0 Å². The number of aliphatic hydroxyl groups is 1. The first kappa shape index (κ1) is 15.5. The Hall–Kier alpha value is -2.84. The van der Waals surface area contributed by atoms with E-state index in [-0.39, 0.29) is 6.61 Å². The standard InChI is InChI=1S/C17H16N2O3/c1-22-17(21)16(14-6-2-4-12(8-14)10-18)19-15-7-3-5-13(9-15)11-20/h2-9,16,19-20H,11H2,1H3/t16-/m0/s1. The maximum Gasteiger partial charge on any atom is 0.332 e. The predicted molar refractivity (Wildman–Crippen MR) is 81.9 cm³/mol. The van der Waals surface area contributed by atoms with Crippen LogP contribution in [0.1, 0.15) is 22.7 Å². The molecule has 22 heavy (non-hydrogen) atoms. The molecule has 0 aliphatic rings. The summed E-state index contributed by atoms with van der Waals surface area (Å²) in [4.78, 5) is 12.1. The lowest BCUT2D eigenvalue weighted by Crippen LogP contribution is -2.22. The fourth-order valence-electron chi connectivity index (χ4n) is 2.11. The average molecular weight is 296 g/mol. The molecular formula is C17H16N2O3. The molecule has 2 N–H and O–H groups in total. The van der Waals surface area contributed by atoms with Crippen LogP contribution in [0.5, 0.6) is 0 Å². The first-order valence-electron chi connectivity index (χ1n) is 6.72. The average Bonchev–Trinajstić information content (AvgIpc) is 2.59. The van der Waals surface area contributed by atoms with E-state index in [1.165, 1.54) is 7.11 Å². The van der Waals surface area contributed by atoms with Crippen LogP contribution in [-0.4, -0.2) is 18.2 Å². The molecule has 112 valence electrons. The minimum Gasteiger partial charge on any atom is -0.467 e. The van der Waals surface area contributed by atoms with Gasteiger partial charge in [-0.3, -0.25) is 0 Å². The van der Waals surface area contributed by atoms with Crippen molar-refractivity contribution >= 4 is 11.7 Å². The lowest BCUT2D eigenvalue weighted by Gasteiger charge is -2.18. The van der Waals surface area contributed by atoms with Crippen molar-refractivity contribution in [3.8, 4) is 6.07 Å². The van der Waals surface area contributed by atoms with Gasteiger partial charge >= 0.3 is 5.97 Å². The highest BCUT2D eigenvalue weighted by atomic mass is 16.5. The Morgan fingerprint density at radius 2 is 2.09 bits per heavy atom. The number of benzene rings is 2. The minimum absolute atomic E-state index is 0.0810. The number of rotatable bonds is 5. The molecule has 0 unspecified atom stereocenters. The number of ether oxygens (including phenoxy) is 1. The van der Waals surface area contributed by atoms with E-state index in [0.29, 0.717) is 16.8 Å². The van der Waals surface area contributed by atoms with Crippen molar-refractivity contribution in [2.45, 2.75) is 12.6 Å². The highest BCUT2D eigenvalue weighted by Crippen LogP contribution is 2.22. The Labute approximate surface area is 128 Å². The van der Waals surface area contributed by atoms with Crippen molar-refractivity contribution in [1.82, 2.24) is 0 Å². The smallest absolute Gasteiger partial charge is 0.332 e. The van der Waals surface area contributed by atoms with Crippen LogP contribution in [0.4, 0.5) is 5.69 Å². The van der Waals surface area contributed by atoms with Gasteiger partial charge in [-0.15, -0.1) is 0 Å². The van der Waals surface area contributed by atoms with E-state index in [2.05, 4.69) is 5.32 Å². The number of hydrogen-bond donors (Lipinski definition) is 2. The SMILES string of the molecule is COC(=O)[C@@H](Nc1cccc(CO)c1)c1cccc(C#N)c1. The molecule has 0 aliphatic carbocycles. The fourth-order valence-corrected chi connectivity index (χ4v) is 2.11. The molecule has 2 aromatic carbocycles. The first-order valence-corrected chi connectivity index (χ1v) is 6.72. The zero-order valence-electron chi connectivity index (χ0n) is 12.1. The summed E-state index contributed by atoms with van der Waals surface area (Å²) in [6.07, 6.45) is 0. The molecule has 0 heterocycles. The number of nitriles is 1. The van der Waals surface area contributed by atoms with Crippen LogP contribution < -0.4 is 5.32 Å². The summed E-state index contributed by atoms with van der Waals surface area (Å²) in [6, 6.07) is 15.2. The number of nitrogens with zero attached hydrogens (tertiary/aromatic N) is 1. The summed E-state index contributed by atoms with van der Waals surface area (Å²) >= 11 is 0. The van der Waals surface area contributed by atoms with Gasteiger partial charge < -0.3 is 15.2 Å². The lowest BCUT2D eigenvalue weighted by molar-refractivity contribution is -0.141. The summed E-state index contributed by atoms with van der Waals surface area (Å²) in [5.74, 6) is -0.454. The molecule has 0 aromatic heterocycles. The van der Waals surface area contributed by atoms with Gasteiger partial charge in [0.15, 0.2) is 6.04 Å². The zero-order valence-corrected chi connectivity index (χ0v) is 12.1. The van der Waals surface area contributed by atoms with E-state index in [1.807, 2.05) is 6.07 Å². The van der Waals surface area contributed by atoms with Gasteiger partial charge in [0.05, 0.1) is 25.3 Å². The van der Waals surface area contributed by atoms with Gasteiger partial charge in [0.2, 0.25) is 0 Å². The highest BCUT2D eigenvalue weighted by Gasteiger charge is 2.21. The van der Waals surface area contributed by atoms with Crippen molar-refractivity contribution in [3.63, 3.8) is 0 Å². The monoisotopic (exact) mass is 296 g/mol. The zero-order chi connectivity index (χ0) is 15.9. The molecule has 0 amide bonds. The Morgan fingerprint density at radius 3 is 2.77 bits per heavy atom. The quantitative estimate of drug-likeness (QED) is 0.828. The number of carbonyl (C=O) groups is 1. The molecular weight excluding hydrogens is 280 g/mol. The van der Waals surface area contributed by atoms with Gasteiger partial charge in [-0.25, -0.2) is 4.79 Å². The third-order valence-electron chi connectivity index (χ3n) is 3.21. The molecule has 0 aliphatic heterocycles. The Balaban J connectivity index is 2.34. The summed E-state index contributed by atoms with van der Waals surface area (Å²) in [7, 11) is 1.31. The molecule has 0 bridgehead atoms. The summed E-state index contributed by atoms with van der Waals surface area (Å²) in [6.45, 7) is -0.0810. The van der Waals surface area contributed by atoms with E-state index in [1.54, 1.807) is 48.5 Å².